The second-order valence-corrected chi connectivity index (χ2v) is 3.63. The van der Waals surface area contributed by atoms with Gasteiger partial charge in [0, 0.05) is 19.6 Å². The molecule has 0 radical (unpaired) electrons. The third kappa shape index (κ3) is 3.19. The standard InChI is InChI=1S/C10H16N2O2.ClH/c13-10(9-8-14-7-4-11-9)12-5-2-1-3-6-12;/h1-2,9,11H,3-8H2;1H/t9-;/m1./s1. The Kier molecular flexibility index (Phi) is 5.08. The van der Waals surface area contributed by atoms with Crippen molar-refractivity contribution in [2.45, 2.75) is 12.5 Å². The van der Waals surface area contributed by atoms with Crippen LogP contribution in [0.3, 0.4) is 0 Å². The minimum Gasteiger partial charge on any atom is -0.378 e. The van der Waals surface area contributed by atoms with Crippen LogP contribution in [-0.2, 0) is 9.53 Å². The van der Waals surface area contributed by atoms with E-state index in [9.17, 15) is 4.79 Å². The fourth-order valence-electron chi connectivity index (χ4n) is 1.79. The summed E-state index contributed by atoms with van der Waals surface area (Å²) < 4.78 is 5.27. The Morgan fingerprint density at radius 2 is 2.33 bits per heavy atom. The molecular weight excluding hydrogens is 216 g/mol. The van der Waals surface area contributed by atoms with Crippen LogP contribution in [-0.4, -0.2) is 49.7 Å². The Balaban J connectivity index is 0.00000112. The first-order valence-electron chi connectivity index (χ1n) is 5.13. The number of halogens is 1. The second kappa shape index (κ2) is 6.10. The van der Waals surface area contributed by atoms with E-state index in [0.29, 0.717) is 13.2 Å². The molecule has 1 atom stereocenters. The van der Waals surface area contributed by atoms with Crippen LogP contribution in [0.2, 0.25) is 0 Å². The van der Waals surface area contributed by atoms with Crippen molar-refractivity contribution >= 4 is 18.3 Å². The zero-order valence-corrected chi connectivity index (χ0v) is 9.46. The fraction of sp³-hybridized carbons (Fsp3) is 0.700. The van der Waals surface area contributed by atoms with Gasteiger partial charge in [-0.2, -0.15) is 0 Å². The molecule has 5 heteroatoms. The van der Waals surface area contributed by atoms with E-state index in [-0.39, 0.29) is 24.4 Å². The van der Waals surface area contributed by atoms with Gasteiger partial charge in [-0.05, 0) is 6.42 Å². The lowest BCUT2D eigenvalue weighted by Crippen LogP contribution is -2.53. The molecule has 0 aliphatic carbocycles. The number of rotatable bonds is 1. The lowest BCUT2D eigenvalue weighted by atomic mass is 10.2. The topological polar surface area (TPSA) is 41.6 Å². The first-order chi connectivity index (χ1) is 6.88. The summed E-state index contributed by atoms with van der Waals surface area (Å²) in [5.41, 5.74) is 0. The molecule has 0 spiro atoms. The second-order valence-electron chi connectivity index (χ2n) is 3.63. The van der Waals surface area contributed by atoms with Crippen LogP contribution in [0.15, 0.2) is 12.2 Å². The Morgan fingerprint density at radius 1 is 1.47 bits per heavy atom. The van der Waals surface area contributed by atoms with Gasteiger partial charge in [-0.25, -0.2) is 0 Å². The van der Waals surface area contributed by atoms with Crippen molar-refractivity contribution in [1.82, 2.24) is 10.2 Å². The van der Waals surface area contributed by atoms with Crippen LogP contribution in [0.5, 0.6) is 0 Å². The van der Waals surface area contributed by atoms with Crippen molar-refractivity contribution in [3.05, 3.63) is 12.2 Å². The zero-order chi connectivity index (χ0) is 9.80. The normalized spacial score (nSPS) is 25.9. The van der Waals surface area contributed by atoms with E-state index in [1.165, 1.54) is 0 Å². The average Bonchev–Trinajstić information content (AvgIpc) is 2.30. The van der Waals surface area contributed by atoms with Crippen molar-refractivity contribution in [3.63, 3.8) is 0 Å². The molecular formula is C10H17ClN2O2. The first-order valence-corrected chi connectivity index (χ1v) is 5.13. The maximum atomic E-state index is 11.9. The maximum absolute atomic E-state index is 11.9. The molecule has 15 heavy (non-hydrogen) atoms. The van der Waals surface area contributed by atoms with Crippen LogP contribution in [0.4, 0.5) is 0 Å². The molecule has 0 aromatic rings. The number of ether oxygens (including phenoxy) is 1. The van der Waals surface area contributed by atoms with Crippen molar-refractivity contribution in [3.8, 4) is 0 Å². The van der Waals surface area contributed by atoms with E-state index in [0.717, 1.165) is 26.1 Å². The van der Waals surface area contributed by atoms with Gasteiger partial charge in [0.25, 0.3) is 0 Å². The van der Waals surface area contributed by atoms with E-state index < -0.39 is 0 Å². The largest absolute Gasteiger partial charge is 0.378 e. The summed E-state index contributed by atoms with van der Waals surface area (Å²) in [6, 6.07) is -0.129. The predicted octanol–water partition coefficient (Wildman–Crippen LogP) is 0.185. The molecule has 0 bridgehead atoms. The molecule has 0 saturated carbocycles. The summed E-state index contributed by atoms with van der Waals surface area (Å²) in [7, 11) is 0. The molecule has 86 valence electrons. The Morgan fingerprint density at radius 3 is 2.93 bits per heavy atom. The van der Waals surface area contributed by atoms with Gasteiger partial charge in [-0.1, -0.05) is 12.2 Å². The number of nitrogens with zero attached hydrogens (tertiary/aromatic N) is 1. The molecule has 0 aromatic heterocycles. The van der Waals surface area contributed by atoms with Gasteiger partial charge >= 0.3 is 0 Å². The molecule has 0 aromatic carbocycles. The first kappa shape index (κ1) is 12.5. The summed E-state index contributed by atoms with van der Waals surface area (Å²) in [4.78, 5) is 13.8. The Labute approximate surface area is 96.1 Å². The number of nitrogens with one attached hydrogen (secondary N) is 1. The number of hydrogen-bond acceptors (Lipinski definition) is 3. The minimum atomic E-state index is -0.129. The number of morpholine rings is 1. The number of hydrogen-bond donors (Lipinski definition) is 1. The van der Waals surface area contributed by atoms with Gasteiger partial charge in [0.05, 0.1) is 13.2 Å². The van der Waals surface area contributed by atoms with Crippen LogP contribution < -0.4 is 5.32 Å². The van der Waals surface area contributed by atoms with Crippen LogP contribution in [0.1, 0.15) is 6.42 Å². The Bertz CT molecular complexity index is 240. The molecule has 2 rings (SSSR count). The molecule has 1 fully saturated rings. The highest BCUT2D eigenvalue weighted by Crippen LogP contribution is 2.05. The lowest BCUT2D eigenvalue weighted by molar-refractivity contribution is -0.136. The van der Waals surface area contributed by atoms with Crippen molar-refractivity contribution in [1.29, 1.82) is 0 Å². The SMILES string of the molecule is Cl.O=C([C@H]1COCCN1)N1CC=CCC1. The van der Waals surface area contributed by atoms with E-state index in [1.807, 2.05) is 11.0 Å². The van der Waals surface area contributed by atoms with Gasteiger partial charge < -0.3 is 15.0 Å². The third-order valence-electron chi connectivity index (χ3n) is 2.59. The minimum absolute atomic E-state index is 0. The molecule has 1 saturated heterocycles. The molecule has 2 aliphatic heterocycles. The van der Waals surface area contributed by atoms with Crippen LogP contribution in [0.25, 0.3) is 0 Å². The number of carbonyl (C=O) groups excluding carboxylic acids is 1. The van der Waals surface area contributed by atoms with E-state index in [4.69, 9.17) is 4.74 Å². The maximum Gasteiger partial charge on any atom is 0.242 e. The van der Waals surface area contributed by atoms with Gasteiger partial charge in [-0.3, -0.25) is 4.79 Å². The zero-order valence-electron chi connectivity index (χ0n) is 8.65. The van der Waals surface area contributed by atoms with Gasteiger partial charge in [0.1, 0.15) is 6.04 Å². The average molecular weight is 233 g/mol. The van der Waals surface area contributed by atoms with Crippen molar-refractivity contribution < 1.29 is 9.53 Å². The van der Waals surface area contributed by atoms with Gasteiger partial charge in [0.2, 0.25) is 5.91 Å². The summed E-state index contributed by atoms with van der Waals surface area (Å²) in [5.74, 6) is 0.175. The van der Waals surface area contributed by atoms with E-state index in [2.05, 4.69) is 11.4 Å². The predicted molar refractivity (Wildman–Crippen MR) is 60.2 cm³/mol. The van der Waals surface area contributed by atoms with E-state index >= 15 is 0 Å². The Hall–Kier alpha value is -0.580. The quantitative estimate of drug-likeness (QED) is 0.656. The lowest BCUT2D eigenvalue weighted by Gasteiger charge is -2.30. The summed E-state index contributed by atoms with van der Waals surface area (Å²) >= 11 is 0. The molecule has 4 nitrogen and oxygen atoms in total. The molecule has 2 heterocycles. The third-order valence-corrected chi connectivity index (χ3v) is 2.59. The highest BCUT2D eigenvalue weighted by atomic mass is 35.5. The number of carbonyl (C=O) groups is 1. The van der Waals surface area contributed by atoms with Crippen LogP contribution >= 0.6 is 12.4 Å². The number of amides is 1. The van der Waals surface area contributed by atoms with E-state index in [1.54, 1.807) is 0 Å². The molecule has 1 amide bonds. The van der Waals surface area contributed by atoms with Gasteiger partial charge in [0.15, 0.2) is 0 Å². The highest BCUT2D eigenvalue weighted by Gasteiger charge is 2.25. The smallest absolute Gasteiger partial charge is 0.242 e. The van der Waals surface area contributed by atoms with Crippen molar-refractivity contribution in [2.24, 2.45) is 0 Å². The molecule has 2 aliphatic rings. The fourth-order valence-corrected chi connectivity index (χ4v) is 1.79. The monoisotopic (exact) mass is 232 g/mol. The summed E-state index contributed by atoms with van der Waals surface area (Å²) in [5, 5.41) is 3.18. The molecule has 1 N–H and O–H groups in total. The van der Waals surface area contributed by atoms with Crippen LogP contribution in [0, 0.1) is 0 Å². The summed E-state index contributed by atoms with van der Waals surface area (Å²) in [6.45, 7) is 3.59. The van der Waals surface area contributed by atoms with Gasteiger partial charge in [-0.15, -0.1) is 12.4 Å². The van der Waals surface area contributed by atoms with Crippen molar-refractivity contribution in [2.75, 3.05) is 32.8 Å². The summed E-state index contributed by atoms with van der Waals surface area (Å²) in [6.07, 6.45) is 5.14. The molecule has 0 unspecified atom stereocenters. The highest BCUT2D eigenvalue weighted by molar-refractivity contribution is 5.85.